The summed E-state index contributed by atoms with van der Waals surface area (Å²) in [5.74, 6) is 1.75. The zero-order valence-corrected chi connectivity index (χ0v) is 13.6. The van der Waals surface area contributed by atoms with E-state index in [-0.39, 0.29) is 5.37 Å². The third-order valence-electron chi connectivity index (χ3n) is 3.22. The lowest BCUT2D eigenvalue weighted by atomic mass is 10.3. The van der Waals surface area contributed by atoms with Gasteiger partial charge in [0.25, 0.3) is 0 Å². The minimum Gasteiger partial charge on any atom is -0.383 e. The maximum Gasteiger partial charge on any atom is 0.164 e. The fraction of sp³-hybridized carbons (Fsp3) is 1.00. The Morgan fingerprint density at radius 3 is 2.84 bits per heavy atom. The van der Waals surface area contributed by atoms with Crippen LogP contribution in [0.1, 0.15) is 12.8 Å². The Labute approximate surface area is 121 Å². The van der Waals surface area contributed by atoms with E-state index >= 15 is 0 Å². The first-order valence-electron chi connectivity index (χ1n) is 6.76. The van der Waals surface area contributed by atoms with Crippen LogP contribution in [0.2, 0.25) is 0 Å². The first-order valence-corrected chi connectivity index (χ1v) is 9.87. The van der Waals surface area contributed by atoms with Crippen molar-refractivity contribution >= 4 is 21.6 Å². The Hall–Kier alpha value is 0.180. The SMILES string of the molecule is COCCNCCCCN1CCSCC1S(C)(=O)=O. The number of nitrogens with zero attached hydrogens (tertiary/aromatic N) is 1. The number of hydrogen-bond acceptors (Lipinski definition) is 6. The molecule has 0 spiro atoms. The number of rotatable bonds is 9. The maximum atomic E-state index is 11.7. The van der Waals surface area contributed by atoms with Crippen LogP contribution < -0.4 is 5.32 Å². The highest BCUT2D eigenvalue weighted by Crippen LogP contribution is 2.20. The van der Waals surface area contributed by atoms with Crippen LogP contribution in [-0.4, -0.2) is 76.3 Å². The van der Waals surface area contributed by atoms with Crippen LogP contribution in [0.5, 0.6) is 0 Å². The monoisotopic (exact) mass is 310 g/mol. The fourth-order valence-electron chi connectivity index (χ4n) is 2.13. The molecular weight excluding hydrogens is 284 g/mol. The Morgan fingerprint density at radius 1 is 1.37 bits per heavy atom. The van der Waals surface area contributed by atoms with Crippen molar-refractivity contribution in [1.82, 2.24) is 10.2 Å². The van der Waals surface area contributed by atoms with E-state index < -0.39 is 9.84 Å². The van der Waals surface area contributed by atoms with Gasteiger partial charge in [-0.2, -0.15) is 11.8 Å². The molecule has 0 amide bonds. The average molecular weight is 310 g/mol. The molecule has 0 saturated carbocycles. The summed E-state index contributed by atoms with van der Waals surface area (Å²) in [6, 6.07) is 0. The van der Waals surface area contributed by atoms with E-state index in [4.69, 9.17) is 4.74 Å². The fourth-order valence-corrected chi connectivity index (χ4v) is 5.10. The highest BCUT2D eigenvalue weighted by Gasteiger charge is 2.30. The summed E-state index contributed by atoms with van der Waals surface area (Å²) >= 11 is 1.74. The van der Waals surface area contributed by atoms with Gasteiger partial charge in [0.05, 0.1) is 6.61 Å². The van der Waals surface area contributed by atoms with Gasteiger partial charge in [-0.1, -0.05) is 0 Å². The molecule has 0 bridgehead atoms. The van der Waals surface area contributed by atoms with E-state index in [1.807, 2.05) is 0 Å². The van der Waals surface area contributed by atoms with Gasteiger partial charge in [0.1, 0.15) is 5.37 Å². The molecule has 0 aromatic heterocycles. The van der Waals surface area contributed by atoms with Crippen LogP contribution in [0.25, 0.3) is 0 Å². The first-order chi connectivity index (χ1) is 9.05. The third-order valence-corrected chi connectivity index (χ3v) is 5.90. The van der Waals surface area contributed by atoms with Gasteiger partial charge < -0.3 is 10.1 Å². The predicted molar refractivity (Wildman–Crippen MR) is 81.5 cm³/mol. The number of thioether (sulfide) groups is 1. The van der Waals surface area contributed by atoms with Crippen LogP contribution in [0.3, 0.4) is 0 Å². The quantitative estimate of drug-likeness (QED) is 0.623. The summed E-state index contributed by atoms with van der Waals surface area (Å²) in [6.45, 7) is 4.35. The number of ether oxygens (including phenoxy) is 1. The standard InChI is InChI=1S/C12H26N2O3S2/c1-17-9-6-13-5-3-4-7-14-8-10-18-11-12(14)19(2,15)16/h12-13H,3-11H2,1-2H3. The van der Waals surface area contributed by atoms with Crippen LogP contribution in [0.4, 0.5) is 0 Å². The molecule has 1 atom stereocenters. The van der Waals surface area contributed by atoms with Crippen molar-refractivity contribution in [2.45, 2.75) is 18.2 Å². The molecule has 0 aromatic carbocycles. The summed E-state index contributed by atoms with van der Waals surface area (Å²) in [6.07, 6.45) is 3.46. The van der Waals surface area contributed by atoms with Gasteiger partial charge in [-0.15, -0.1) is 0 Å². The molecule has 1 heterocycles. The smallest absolute Gasteiger partial charge is 0.164 e. The van der Waals surface area contributed by atoms with Gasteiger partial charge in [0.15, 0.2) is 9.84 Å². The van der Waals surface area contributed by atoms with E-state index in [1.165, 1.54) is 6.26 Å². The van der Waals surface area contributed by atoms with Crippen LogP contribution in [0, 0.1) is 0 Å². The molecule has 1 N–H and O–H groups in total. The number of methoxy groups -OCH3 is 1. The summed E-state index contributed by atoms with van der Waals surface area (Å²) in [5, 5.41) is 3.02. The van der Waals surface area contributed by atoms with Crippen molar-refractivity contribution in [3.63, 3.8) is 0 Å². The average Bonchev–Trinajstić information content (AvgIpc) is 2.37. The molecule has 5 nitrogen and oxygen atoms in total. The van der Waals surface area contributed by atoms with E-state index in [9.17, 15) is 8.42 Å². The minimum atomic E-state index is -2.96. The highest BCUT2D eigenvalue weighted by atomic mass is 32.2. The lowest BCUT2D eigenvalue weighted by Crippen LogP contribution is -2.47. The van der Waals surface area contributed by atoms with E-state index in [0.717, 1.165) is 51.4 Å². The zero-order valence-electron chi connectivity index (χ0n) is 11.9. The lowest BCUT2D eigenvalue weighted by Gasteiger charge is -2.33. The number of unbranched alkanes of at least 4 members (excludes halogenated alkanes) is 1. The predicted octanol–water partition coefficient (Wildman–Crippen LogP) is 0.422. The molecule has 19 heavy (non-hydrogen) atoms. The highest BCUT2D eigenvalue weighted by molar-refractivity contribution is 8.00. The summed E-state index contributed by atoms with van der Waals surface area (Å²) < 4.78 is 28.4. The molecule has 1 saturated heterocycles. The maximum absolute atomic E-state index is 11.7. The Balaban J connectivity index is 2.19. The first kappa shape index (κ1) is 17.2. The molecule has 1 rings (SSSR count). The number of nitrogens with one attached hydrogen (secondary N) is 1. The minimum absolute atomic E-state index is 0.285. The van der Waals surface area contributed by atoms with Crippen molar-refractivity contribution < 1.29 is 13.2 Å². The second-order valence-electron chi connectivity index (χ2n) is 4.84. The molecule has 1 fully saturated rings. The molecule has 1 aliphatic rings. The van der Waals surface area contributed by atoms with E-state index in [0.29, 0.717) is 5.75 Å². The van der Waals surface area contributed by atoms with Crippen LogP contribution in [0.15, 0.2) is 0 Å². The van der Waals surface area contributed by atoms with Crippen molar-refractivity contribution in [2.75, 3.05) is 57.7 Å². The second kappa shape index (κ2) is 9.18. The van der Waals surface area contributed by atoms with Crippen molar-refractivity contribution in [3.8, 4) is 0 Å². The molecule has 0 radical (unpaired) electrons. The van der Waals surface area contributed by atoms with E-state index in [1.54, 1.807) is 18.9 Å². The molecule has 1 aliphatic heterocycles. The van der Waals surface area contributed by atoms with Crippen LogP contribution >= 0.6 is 11.8 Å². The molecule has 7 heteroatoms. The van der Waals surface area contributed by atoms with Gasteiger partial charge in [-0.05, 0) is 25.9 Å². The van der Waals surface area contributed by atoms with Gasteiger partial charge >= 0.3 is 0 Å². The topological polar surface area (TPSA) is 58.6 Å². The van der Waals surface area contributed by atoms with Gasteiger partial charge in [0, 0.05) is 38.0 Å². The molecule has 114 valence electrons. The van der Waals surface area contributed by atoms with Crippen molar-refractivity contribution in [1.29, 1.82) is 0 Å². The number of sulfone groups is 1. The number of hydrogen-bond donors (Lipinski definition) is 1. The Kier molecular flexibility index (Phi) is 8.32. The Morgan fingerprint density at radius 2 is 2.16 bits per heavy atom. The molecule has 0 aliphatic carbocycles. The Bertz CT molecular complexity index is 336. The van der Waals surface area contributed by atoms with Gasteiger partial charge in [-0.25, -0.2) is 8.42 Å². The van der Waals surface area contributed by atoms with Crippen molar-refractivity contribution in [2.24, 2.45) is 0 Å². The second-order valence-corrected chi connectivity index (χ2v) is 8.20. The molecular formula is C12H26N2O3S2. The largest absolute Gasteiger partial charge is 0.383 e. The zero-order chi connectivity index (χ0) is 14.1. The summed E-state index contributed by atoms with van der Waals surface area (Å²) in [5.41, 5.74) is 0. The third kappa shape index (κ3) is 6.94. The van der Waals surface area contributed by atoms with E-state index in [2.05, 4.69) is 10.2 Å². The summed E-state index contributed by atoms with van der Waals surface area (Å²) in [4.78, 5) is 2.13. The molecule has 1 unspecified atom stereocenters. The van der Waals surface area contributed by atoms with Gasteiger partial charge in [0.2, 0.25) is 0 Å². The van der Waals surface area contributed by atoms with Gasteiger partial charge in [-0.3, -0.25) is 4.90 Å². The lowest BCUT2D eigenvalue weighted by molar-refractivity contribution is 0.199. The molecule has 0 aromatic rings. The van der Waals surface area contributed by atoms with Crippen molar-refractivity contribution in [3.05, 3.63) is 0 Å². The summed E-state index contributed by atoms with van der Waals surface area (Å²) in [7, 11) is -1.26. The van der Waals surface area contributed by atoms with Crippen LogP contribution in [-0.2, 0) is 14.6 Å². The normalized spacial score (nSPS) is 21.7.